The van der Waals surface area contributed by atoms with Crippen LogP contribution in [0.3, 0.4) is 0 Å². The van der Waals surface area contributed by atoms with Crippen molar-refractivity contribution in [2.45, 2.75) is 26.4 Å². The largest absolute Gasteiger partial charge is 0.393 e. The summed E-state index contributed by atoms with van der Waals surface area (Å²) >= 11 is 0. The van der Waals surface area contributed by atoms with Crippen LogP contribution in [0.25, 0.3) is 0 Å². The van der Waals surface area contributed by atoms with Gasteiger partial charge in [0.15, 0.2) is 0 Å². The number of hydrogen-bond acceptors (Lipinski definition) is 4. The van der Waals surface area contributed by atoms with Gasteiger partial charge in [0.2, 0.25) is 0 Å². The van der Waals surface area contributed by atoms with Gasteiger partial charge in [0.1, 0.15) is 5.56 Å². The first-order chi connectivity index (χ1) is 9.41. The Morgan fingerprint density at radius 3 is 2.80 bits per heavy atom. The van der Waals surface area contributed by atoms with E-state index in [0.717, 1.165) is 6.42 Å². The Balaban J connectivity index is 2.27. The number of para-hydroxylation sites is 1. The van der Waals surface area contributed by atoms with Crippen molar-refractivity contribution in [3.63, 3.8) is 0 Å². The van der Waals surface area contributed by atoms with Crippen molar-refractivity contribution in [3.8, 4) is 0 Å². The van der Waals surface area contributed by atoms with Gasteiger partial charge in [-0.1, -0.05) is 12.1 Å². The SMILES string of the molecule is Cc1cccc(C(=O)N2CCC(C(C)O)C2)c1[N+](=O)[O-]. The molecule has 1 saturated heterocycles. The van der Waals surface area contributed by atoms with Crippen LogP contribution in [0.15, 0.2) is 18.2 Å². The van der Waals surface area contributed by atoms with Gasteiger partial charge in [0, 0.05) is 24.6 Å². The molecule has 1 N–H and O–H groups in total. The quantitative estimate of drug-likeness (QED) is 0.674. The number of aliphatic hydroxyl groups excluding tert-OH is 1. The molecule has 1 aliphatic heterocycles. The third-order valence-corrected chi connectivity index (χ3v) is 3.84. The second kappa shape index (κ2) is 5.58. The normalized spacial score (nSPS) is 19.9. The average Bonchev–Trinajstić information content (AvgIpc) is 2.86. The average molecular weight is 278 g/mol. The van der Waals surface area contributed by atoms with E-state index in [1.165, 1.54) is 6.07 Å². The first-order valence-corrected chi connectivity index (χ1v) is 6.63. The fourth-order valence-corrected chi connectivity index (χ4v) is 2.61. The zero-order chi connectivity index (χ0) is 14.9. The maximum Gasteiger partial charge on any atom is 0.285 e. The molecule has 2 unspecified atom stereocenters. The summed E-state index contributed by atoms with van der Waals surface area (Å²) in [5.74, 6) is -0.286. The summed E-state index contributed by atoms with van der Waals surface area (Å²) in [6.07, 6.45) is 0.253. The highest BCUT2D eigenvalue weighted by molar-refractivity contribution is 5.98. The number of amides is 1. The monoisotopic (exact) mass is 278 g/mol. The molecule has 1 fully saturated rings. The zero-order valence-corrected chi connectivity index (χ0v) is 11.6. The third kappa shape index (κ3) is 2.65. The first kappa shape index (κ1) is 14.5. The van der Waals surface area contributed by atoms with Crippen molar-refractivity contribution >= 4 is 11.6 Å². The molecule has 6 heteroatoms. The van der Waals surface area contributed by atoms with E-state index >= 15 is 0 Å². The van der Waals surface area contributed by atoms with Crippen LogP contribution >= 0.6 is 0 Å². The van der Waals surface area contributed by atoms with Crippen molar-refractivity contribution in [1.82, 2.24) is 4.90 Å². The molecule has 1 aliphatic rings. The highest BCUT2D eigenvalue weighted by Crippen LogP contribution is 2.27. The van der Waals surface area contributed by atoms with Crippen molar-refractivity contribution in [1.29, 1.82) is 0 Å². The minimum atomic E-state index is -0.509. The van der Waals surface area contributed by atoms with Crippen molar-refractivity contribution in [3.05, 3.63) is 39.4 Å². The lowest BCUT2D eigenvalue weighted by Gasteiger charge is -2.18. The Hall–Kier alpha value is -1.95. The number of aliphatic hydroxyl groups is 1. The molecule has 0 bridgehead atoms. The molecule has 0 spiro atoms. The van der Waals surface area contributed by atoms with Gasteiger partial charge in [-0.05, 0) is 26.3 Å². The van der Waals surface area contributed by atoms with Gasteiger partial charge in [-0.15, -0.1) is 0 Å². The predicted molar refractivity (Wildman–Crippen MR) is 73.5 cm³/mol. The topological polar surface area (TPSA) is 83.7 Å². The summed E-state index contributed by atoms with van der Waals surface area (Å²) in [4.78, 5) is 24.6. The summed E-state index contributed by atoms with van der Waals surface area (Å²) in [5, 5.41) is 20.7. The van der Waals surface area contributed by atoms with Gasteiger partial charge in [-0.2, -0.15) is 0 Å². The summed E-state index contributed by atoms with van der Waals surface area (Å²) in [6.45, 7) is 4.30. The molecule has 1 heterocycles. The number of hydrogen-bond donors (Lipinski definition) is 1. The number of carbonyl (C=O) groups is 1. The summed E-state index contributed by atoms with van der Waals surface area (Å²) in [7, 11) is 0. The van der Waals surface area contributed by atoms with Gasteiger partial charge >= 0.3 is 0 Å². The fourth-order valence-electron chi connectivity index (χ4n) is 2.61. The Kier molecular flexibility index (Phi) is 4.04. The van der Waals surface area contributed by atoms with E-state index < -0.39 is 11.0 Å². The molecule has 0 aromatic heterocycles. The lowest BCUT2D eigenvalue weighted by molar-refractivity contribution is -0.385. The highest BCUT2D eigenvalue weighted by atomic mass is 16.6. The Morgan fingerprint density at radius 2 is 2.25 bits per heavy atom. The molecule has 2 rings (SSSR count). The molecule has 0 saturated carbocycles. The number of aryl methyl sites for hydroxylation is 1. The van der Waals surface area contributed by atoms with Gasteiger partial charge in [-0.3, -0.25) is 14.9 Å². The van der Waals surface area contributed by atoms with E-state index in [4.69, 9.17) is 0 Å². The van der Waals surface area contributed by atoms with Crippen molar-refractivity contribution in [2.75, 3.05) is 13.1 Å². The molecule has 1 amide bonds. The second-order valence-corrected chi connectivity index (χ2v) is 5.27. The number of nitro groups is 1. The molecule has 0 aliphatic carbocycles. The maximum atomic E-state index is 12.4. The molecule has 2 atom stereocenters. The molecule has 6 nitrogen and oxygen atoms in total. The van der Waals surface area contributed by atoms with Crippen LogP contribution in [0, 0.1) is 23.0 Å². The van der Waals surface area contributed by atoms with E-state index in [1.807, 2.05) is 0 Å². The number of likely N-dealkylation sites (tertiary alicyclic amines) is 1. The number of carbonyl (C=O) groups excluding carboxylic acids is 1. The minimum absolute atomic E-state index is 0.0443. The van der Waals surface area contributed by atoms with Crippen LogP contribution in [-0.4, -0.2) is 40.0 Å². The van der Waals surface area contributed by atoms with E-state index in [-0.39, 0.29) is 23.1 Å². The molecule has 20 heavy (non-hydrogen) atoms. The van der Waals surface area contributed by atoms with E-state index in [1.54, 1.807) is 30.9 Å². The highest BCUT2D eigenvalue weighted by Gasteiger charge is 2.32. The Labute approximate surface area is 117 Å². The third-order valence-electron chi connectivity index (χ3n) is 3.84. The smallest absolute Gasteiger partial charge is 0.285 e. The molecule has 1 aromatic carbocycles. The maximum absolute atomic E-state index is 12.4. The van der Waals surface area contributed by atoms with Crippen LogP contribution in [0.5, 0.6) is 0 Å². The standard InChI is InChI=1S/C14H18N2O4/c1-9-4-3-5-12(13(9)16(19)20)14(18)15-7-6-11(8-15)10(2)17/h3-5,10-11,17H,6-8H2,1-2H3. The van der Waals surface area contributed by atoms with E-state index in [2.05, 4.69) is 0 Å². The number of benzene rings is 1. The molecule has 1 aromatic rings. The van der Waals surface area contributed by atoms with Gasteiger partial charge in [-0.25, -0.2) is 0 Å². The second-order valence-electron chi connectivity index (χ2n) is 5.27. The van der Waals surface area contributed by atoms with Crippen LogP contribution in [-0.2, 0) is 0 Å². The number of rotatable bonds is 3. The number of nitrogens with zero attached hydrogens (tertiary/aromatic N) is 2. The first-order valence-electron chi connectivity index (χ1n) is 6.63. The molecule has 0 radical (unpaired) electrons. The summed E-state index contributed by atoms with van der Waals surface area (Å²) in [6, 6.07) is 4.76. The minimum Gasteiger partial charge on any atom is -0.393 e. The Bertz CT molecular complexity index is 542. The van der Waals surface area contributed by atoms with Crippen LogP contribution in [0.4, 0.5) is 5.69 Å². The van der Waals surface area contributed by atoms with Crippen molar-refractivity contribution in [2.24, 2.45) is 5.92 Å². The van der Waals surface area contributed by atoms with Gasteiger partial charge < -0.3 is 10.0 Å². The van der Waals surface area contributed by atoms with E-state index in [9.17, 15) is 20.0 Å². The van der Waals surface area contributed by atoms with Crippen LogP contribution in [0.2, 0.25) is 0 Å². The summed E-state index contributed by atoms with van der Waals surface area (Å²) < 4.78 is 0. The predicted octanol–water partition coefficient (Wildman–Crippen LogP) is 1.75. The van der Waals surface area contributed by atoms with Crippen LogP contribution in [0.1, 0.15) is 29.3 Å². The van der Waals surface area contributed by atoms with Gasteiger partial charge in [0.25, 0.3) is 11.6 Å². The molecule has 108 valence electrons. The van der Waals surface area contributed by atoms with E-state index in [0.29, 0.717) is 18.7 Å². The lowest BCUT2D eigenvalue weighted by atomic mass is 10.0. The Morgan fingerprint density at radius 1 is 1.55 bits per heavy atom. The van der Waals surface area contributed by atoms with Crippen LogP contribution < -0.4 is 0 Å². The molecular formula is C14H18N2O4. The summed E-state index contributed by atoms with van der Waals surface area (Å²) in [5.41, 5.74) is 0.478. The van der Waals surface area contributed by atoms with Crippen molar-refractivity contribution < 1.29 is 14.8 Å². The van der Waals surface area contributed by atoms with Gasteiger partial charge in [0.05, 0.1) is 11.0 Å². The fraction of sp³-hybridized carbons (Fsp3) is 0.500. The number of nitro benzene ring substituents is 1. The lowest BCUT2D eigenvalue weighted by Crippen LogP contribution is -2.31. The zero-order valence-electron chi connectivity index (χ0n) is 11.6. The molecular weight excluding hydrogens is 260 g/mol.